The normalized spacial score (nSPS) is 20.6. The van der Waals surface area contributed by atoms with Crippen LogP contribution in [0.25, 0.3) is 10.2 Å². The zero-order chi connectivity index (χ0) is 19.5. The maximum Gasteiger partial charge on any atom is 0.282 e. The number of para-hydroxylation sites is 1. The van der Waals surface area contributed by atoms with E-state index in [1.807, 2.05) is 48.6 Å². The number of likely N-dealkylation sites (tertiary alicyclic amines) is 1. The van der Waals surface area contributed by atoms with Crippen molar-refractivity contribution in [3.63, 3.8) is 0 Å². The Morgan fingerprint density at radius 1 is 1.21 bits per heavy atom. The van der Waals surface area contributed by atoms with Gasteiger partial charge in [0.25, 0.3) is 5.91 Å². The van der Waals surface area contributed by atoms with E-state index in [2.05, 4.69) is 23.5 Å². The second-order valence-electron chi connectivity index (χ2n) is 7.40. The molecule has 0 saturated carbocycles. The fraction of sp³-hybridized carbons (Fsp3) is 0.364. The Balaban J connectivity index is 1.35. The van der Waals surface area contributed by atoms with Gasteiger partial charge < -0.3 is 15.0 Å². The van der Waals surface area contributed by atoms with E-state index in [0.29, 0.717) is 5.92 Å². The molecule has 1 saturated heterocycles. The number of anilines is 1. The van der Waals surface area contributed by atoms with Crippen LogP contribution < -0.4 is 15.0 Å². The summed E-state index contributed by atoms with van der Waals surface area (Å²) in [6.45, 7) is 4.00. The number of ether oxygens (including phenoxy) is 1. The minimum Gasteiger partial charge on any atom is -0.497 e. The van der Waals surface area contributed by atoms with Crippen molar-refractivity contribution in [1.82, 2.24) is 4.98 Å². The topological polar surface area (TPSA) is 55.7 Å². The van der Waals surface area contributed by atoms with Crippen molar-refractivity contribution in [3.05, 3.63) is 53.5 Å². The molecule has 1 aliphatic heterocycles. The molecular formula is C22H26N3O2S+. The van der Waals surface area contributed by atoms with Crippen LogP contribution in [0.5, 0.6) is 5.75 Å². The maximum atomic E-state index is 12.7. The van der Waals surface area contributed by atoms with Gasteiger partial charge in [0, 0.05) is 30.5 Å². The molecular weight excluding hydrogens is 370 g/mol. The number of piperidine rings is 1. The lowest BCUT2D eigenvalue weighted by Crippen LogP contribution is -3.17. The molecule has 1 amide bonds. The molecule has 0 unspecified atom stereocenters. The van der Waals surface area contributed by atoms with Crippen molar-refractivity contribution < 1.29 is 14.4 Å². The fourth-order valence-electron chi connectivity index (χ4n) is 3.87. The van der Waals surface area contributed by atoms with Gasteiger partial charge in [0.1, 0.15) is 5.75 Å². The number of amides is 1. The van der Waals surface area contributed by atoms with Crippen molar-refractivity contribution in [2.45, 2.75) is 31.7 Å². The van der Waals surface area contributed by atoms with Crippen molar-refractivity contribution in [2.24, 2.45) is 0 Å². The number of hydrogen-bond donors (Lipinski definition) is 2. The van der Waals surface area contributed by atoms with Crippen LogP contribution in [0.3, 0.4) is 0 Å². The van der Waals surface area contributed by atoms with Gasteiger partial charge in [-0.3, -0.25) is 4.79 Å². The number of quaternary nitrogens is 1. The number of carbonyl (C=O) groups is 1. The van der Waals surface area contributed by atoms with E-state index in [-0.39, 0.29) is 11.9 Å². The van der Waals surface area contributed by atoms with Crippen LogP contribution in [-0.4, -0.2) is 37.1 Å². The summed E-state index contributed by atoms with van der Waals surface area (Å²) in [4.78, 5) is 18.9. The van der Waals surface area contributed by atoms with Gasteiger partial charge in [0.15, 0.2) is 6.04 Å². The number of carbonyl (C=O) groups excluding carboxylic acids is 1. The molecule has 4 rings (SSSR count). The number of benzene rings is 2. The van der Waals surface area contributed by atoms with Crippen molar-refractivity contribution in [1.29, 1.82) is 0 Å². The number of fused-ring (bicyclic) bond motifs is 1. The molecule has 6 heteroatoms. The first-order valence-corrected chi connectivity index (χ1v) is 10.6. The lowest BCUT2D eigenvalue weighted by Gasteiger charge is -2.31. The Labute approximate surface area is 169 Å². The first-order chi connectivity index (χ1) is 13.6. The van der Waals surface area contributed by atoms with Gasteiger partial charge >= 0.3 is 0 Å². The van der Waals surface area contributed by atoms with Crippen LogP contribution in [0.4, 0.5) is 5.69 Å². The van der Waals surface area contributed by atoms with Crippen LogP contribution in [0.1, 0.15) is 30.7 Å². The SMILES string of the molecule is COc1cccc(NC(=O)[C@@H](C)[NH+]2CCC(c3nc4ccccc4s3)CC2)c1. The van der Waals surface area contributed by atoms with Crippen LogP contribution >= 0.6 is 11.3 Å². The molecule has 2 aromatic carbocycles. The number of aromatic nitrogens is 1. The third kappa shape index (κ3) is 4.03. The molecule has 0 radical (unpaired) electrons. The lowest BCUT2D eigenvalue weighted by molar-refractivity contribution is -0.919. The van der Waals surface area contributed by atoms with E-state index in [0.717, 1.165) is 42.9 Å². The van der Waals surface area contributed by atoms with Crippen molar-refractivity contribution >= 4 is 33.1 Å². The summed E-state index contributed by atoms with van der Waals surface area (Å²) >= 11 is 1.81. The predicted octanol–water partition coefficient (Wildman–Crippen LogP) is 3.09. The number of rotatable bonds is 5. The van der Waals surface area contributed by atoms with Crippen LogP contribution in [0.2, 0.25) is 0 Å². The highest BCUT2D eigenvalue weighted by Crippen LogP contribution is 2.31. The molecule has 1 aromatic heterocycles. The second-order valence-corrected chi connectivity index (χ2v) is 8.46. The van der Waals surface area contributed by atoms with E-state index in [4.69, 9.17) is 9.72 Å². The van der Waals surface area contributed by atoms with Gasteiger partial charge in [-0.25, -0.2) is 4.98 Å². The standard InChI is InChI=1S/C22H25N3O2S/c1-15(21(26)23-17-6-5-7-18(14-17)27-2)25-12-10-16(11-13-25)22-24-19-8-3-4-9-20(19)28-22/h3-9,14-16H,10-13H2,1-2H3,(H,23,26)/p+1/t15-/m1/s1. The highest BCUT2D eigenvalue weighted by molar-refractivity contribution is 7.18. The van der Waals surface area contributed by atoms with Gasteiger partial charge in [0.2, 0.25) is 0 Å². The Hall–Kier alpha value is -2.44. The molecule has 28 heavy (non-hydrogen) atoms. The van der Waals surface area contributed by atoms with Crippen molar-refractivity contribution in [3.8, 4) is 5.75 Å². The summed E-state index contributed by atoms with van der Waals surface area (Å²) in [7, 11) is 1.63. The molecule has 2 N–H and O–H groups in total. The third-order valence-electron chi connectivity index (χ3n) is 5.63. The summed E-state index contributed by atoms with van der Waals surface area (Å²) in [6, 6.07) is 15.7. The summed E-state index contributed by atoms with van der Waals surface area (Å²) in [6.07, 6.45) is 2.15. The van der Waals surface area contributed by atoms with Gasteiger partial charge in [0.05, 0.1) is 35.4 Å². The van der Waals surface area contributed by atoms with Crippen LogP contribution in [0.15, 0.2) is 48.5 Å². The molecule has 0 aliphatic carbocycles. The molecule has 1 atom stereocenters. The maximum absolute atomic E-state index is 12.7. The van der Waals surface area contributed by atoms with E-state index >= 15 is 0 Å². The first-order valence-electron chi connectivity index (χ1n) is 9.79. The number of hydrogen-bond acceptors (Lipinski definition) is 4. The first kappa shape index (κ1) is 18.9. The van der Waals surface area contributed by atoms with E-state index < -0.39 is 0 Å². The van der Waals surface area contributed by atoms with Crippen molar-refractivity contribution in [2.75, 3.05) is 25.5 Å². The monoisotopic (exact) mass is 396 g/mol. The quantitative estimate of drug-likeness (QED) is 0.697. The number of nitrogens with one attached hydrogen (secondary N) is 2. The number of methoxy groups -OCH3 is 1. The molecule has 0 bridgehead atoms. The van der Waals surface area contributed by atoms with Crippen LogP contribution in [0, 0.1) is 0 Å². The minimum absolute atomic E-state index is 0.0571. The predicted molar refractivity (Wildman–Crippen MR) is 113 cm³/mol. The summed E-state index contributed by atoms with van der Waals surface area (Å²) < 4.78 is 6.49. The molecule has 146 valence electrons. The summed E-state index contributed by atoms with van der Waals surface area (Å²) in [5.74, 6) is 1.31. The van der Waals surface area contributed by atoms with E-state index in [1.165, 1.54) is 14.6 Å². The minimum atomic E-state index is -0.0810. The smallest absolute Gasteiger partial charge is 0.282 e. The third-order valence-corrected chi connectivity index (χ3v) is 6.83. The molecule has 1 aliphatic rings. The molecule has 1 fully saturated rings. The average molecular weight is 397 g/mol. The molecule has 2 heterocycles. The molecule has 0 spiro atoms. The zero-order valence-electron chi connectivity index (χ0n) is 16.3. The largest absolute Gasteiger partial charge is 0.497 e. The Kier molecular flexibility index (Phi) is 5.59. The second kappa shape index (κ2) is 8.29. The van der Waals surface area contributed by atoms with Gasteiger partial charge in [-0.1, -0.05) is 18.2 Å². The Bertz CT molecular complexity index is 930. The van der Waals surface area contributed by atoms with Gasteiger partial charge in [-0.2, -0.15) is 0 Å². The number of nitrogens with zero attached hydrogens (tertiary/aromatic N) is 1. The average Bonchev–Trinajstić information content (AvgIpc) is 3.17. The molecule has 3 aromatic rings. The van der Waals surface area contributed by atoms with E-state index in [1.54, 1.807) is 7.11 Å². The number of thiazole rings is 1. The summed E-state index contributed by atoms with van der Waals surface area (Å²) in [5.41, 5.74) is 1.88. The van der Waals surface area contributed by atoms with Gasteiger partial charge in [-0.05, 0) is 31.2 Å². The molecule has 5 nitrogen and oxygen atoms in total. The highest BCUT2D eigenvalue weighted by atomic mass is 32.1. The van der Waals surface area contributed by atoms with Crippen LogP contribution in [-0.2, 0) is 4.79 Å². The fourth-order valence-corrected chi connectivity index (χ4v) is 5.01. The zero-order valence-corrected chi connectivity index (χ0v) is 17.1. The van der Waals surface area contributed by atoms with Gasteiger partial charge in [-0.15, -0.1) is 11.3 Å². The highest BCUT2D eigenvalue weighted by Gasteiger charge is 2.31. The summed E-state index contributed by atoms with van der Waals surface area (Å²) in [5, 5.41) is 4.27. The Morgan fingerprint density at radius 3 is 2.75 bits per heavy atom. The lowest BCUT2D eigenvalue weighted by atomic mass is 9.96. The Morgan fingerprint density at radius 2 is 2.00 bits per heavy atom. The van der Waals surface area contributed by atoms with E-state index in [9.17, 15) is 4.79 Å².